The Labute approximate surface area is 90.1 Å². The predicted octanol–water partition coefficient (Wildman–Crippen LogP) is 1.64. The summed E-state index contributed by atoms with van der Waals surface area (Å²) in [5.41, 5.74) is 0.869. The second-order valence-electron chi connectivity index (χ2n) is 3.94. The molecule has 1 aliphatic heterocycles. The fourth-order valence-corrected chi connectivity index (χ4v) is 1.91. The van der Waals surface area contributed by atoms with Crippen molar-refractivity contribution in [1.82, 2.24) is 9.88 Å². The number of pyridine rings is 1. The molecule has 0 aromatic carbocycles. The summed E-state index contributed by atoms with van der Waals surface area (Å²) in [5.74, 6) is 0.216. The summed E-state index contributed by atoms with van der Waals surface area (Å²) in [6, 6.07) is 5.70. The van der Waals surface area contributed by atoms with Gasteiger partial charge in [-0.2, -0.15) is 0 Å². The van der Waals surface area contributed by atoms with E-state index in [-0.39, 0.29) is 5.91 Å². The Hall–Kier alpha value is -1.38. The van der Waals surface area contributed by atoms with Crippen molar-refractivity contribution in [2.75, 3.05) is 13.1 Å². The van der Waals surface area contributed by atoms with Crippen LogP contribution in [0, 0.1) is 0 Å². The summed E-state index contributed by atoms with van der Waals surface area (Å²) >= 11 is 0. The van der Waals surface area contributed by atoms with Crippen LogP contribution in [-0.2, 0) is 11.2 Å². The maximum absolute atomic E-state index is 11.9. The Bertz CT molecular complexity index is 318. The Kier molecular flexibility index (Phi) is 3.33. The second kappa shape index (κ2) is 4.91. The Morgan fingerprint density at radius 2 is 2.07 bits per heavy atom. The topological polar surface area (TPSA) is 33.2 Å². The predicted molar refractivity (Wildman–Crippen MR) is 58.4 cm³/mol. The average molecular weight is 204 g/mol. The third kappa shape index (κ3) is 2.78. The highest BCUT2D eigenvalue weighted by atomic mass is 16.2. The van der Waals surface area contributed by atoms with Crippen LogP contribution in [0.5, 0.6) is 0 Å². The molecule has 1 fully saturated rings. The molecule has 0 unspecified atom stereocenters. The highest BCUT2D eigenvalue weighted by Gasteiger charge is 2.16. The van der Waals surface area contributed by atoms with Crippen molar-refractivity contribution >= 4 is 5.91 Å². The lowest BCUT2D eigenvalue weighted by Crippen LogP contribution is -2.36. The van der Waals surface area contributed by atoms with E-state index in [4.69, 9.17) is 0 Å². The lowest BCUT2D eigenvalue weighted by atomic mass is 10.1. The SMILES string of the molecule is O=C(Cc1ccccn1)N1CCCCC1. The van der Waals surface area contributed by atoms with Gasteiger partial charge in [0.15, 0.2) is 0 Å². The Balaban J connectivity index is 1.91. The quantitative estimate of drug-likeness (QED) is 0.733. The van der Waals surface area contributed by atoms with Gasteiger partial charge in [0.05, 0.1) is 6.42 Å². The van der Waals surface area contributed by atoms with Gasteiger partial charge in [-0.25, -0.2) is 0 Å². The first-order chi connectivity index (χ1) is 7.36. The fourth-order valence-electron chi connectivity index (χ4n) is 1.91. The molecule has 1 amide bonds. The van der Waals surface area contributed by atoms with Crippen LogP contribution < -0.4 is 0 Å². The first-order valence-corrected chi connectivity index (χ1v) is 5.54. The molecule has 15 heavy (non-hydrogen) atoms. The van der Waals surface area contributed by atoms with E-state index < -0.39 is 0 Å². The van der Waals surface area contributed by atoms with Gasteiger partial charge in [0.25, 0.3) is 0 Å². The van der Waals surface area contributed by atoms with E-state index in [2.05, 4.69) is 4.98 Å². The molecule has 2 rings (SSSR count). The molecule has 0 saturated carbocycles. The van der Waals surface area contributed by atoms with E-state index in [0.29, 0.717) is 6.42 Å². The number of likely N-dealkylation sites (tertiary alicyclic amines) is 1. The van der Waals surface area contributed by atoms with Gasteiger partial charge in [0.2, 0.25) is 5.91 Å². The molecule has 1 saturated heterocycles. The van der Waals surface area contributed by atoms with Crippen LogP contribution in [0.1, 0.15) is 25.0 Å². The number of nitrogens with zero attached hydrogens (tertiary/aromatic N) is 2. The molecular formula is C12H16N2O. The summed E-state index contributed by atoms with van der Waals surface area (Å²) in [7, 11) is 0. The minimum Gasteiger partial charge on any atom is -0.342 e. The number of hydrogen-bond donors (Lipinski definition) is 0. The van der Waals surface area contributed by atoms with Crippen LogP contribution in [0.2, 0.25) is 0 Å². The van der Waals surface area contributed by atoms with E-state index >= 15 is 0 Å². The number of carbonyl (C=O) groups is 1. The number of carbonyl (C=O) groups excluding carboxylic acids is 1. The van der Waals surface area contributed by atoms with Crippen LogP contribution >= 0.6 is 0 Å². The zero-order chi connectivity index (χ0) is 10.5. The first kappa shape index (κ1) is 10.1. The summed E-state index contributed by atoms with van der Waals surface area (Å²) in [4.78, 5) is 18.0. The van der Waals surface area contributed by atoms with Crippen LogP contribution in [0.25, 0.3) is 0 Å². The fraction of sp³-hybridized carbons (Fsp3) is 0.500. The molecule has 1 aromatic rings. The van der Waals surface area contributed by atoms with Gasteiger partial charge in [0, 0.05) is 25.0 Å². The van der Waals surface area contributed by atoms with E-state index in [0.717, 1.165) is 31.6 Å². The van der Waals surface area contributed by atoms with E-state index in [1.807, 2.05) is 23.1 Å². The van der Waals surface area contributed by atoms with Crippen LogP contribution in [0.4, 0.5) is 0 Å². The average Bonchev–Trinajstić information content (AvgIpc) is 2.31. The van der Waals surface area contributed by atoms with Gasteiger partial charge in [-0.3, -0.25) is 9.78 Å². The highest BCUT2D eigenvalue weighted by molar-refractivity contribution is 5.78. The monoisotopic (exact) mass is 204 g/mol. The number of piperidine rings is 1. The minimum absolute atomic E-state index is 0.216. The van der Waals surface area contributed by atoms with Crippen molar-refractivity contribution in [3.05, 3.63) is 30.1 Å². The largest absolute Gasteiger partial charge is 0.342 e. The summed E-state index contributed by atoms with van der Waals surface area (Å²) in [6.07, 6.45) is 5.73. The third-order valence-electron chi connectivity index (χ3n) is 2.77. The lowest BCUT2D eigenvalue weighted by Gasteiger charge is -2.26. The molecule has 0 radical (unpaired) electrons. The molecule has 0 atom stereocenters. The van der Waals surface area contributed by atoms with E-state index in [1.165, 1.54) is 6.42 Å². The Morgan fingerprint density at radius 3 is 2.73 bits per heavy atom. The lowest BCUT2D eigenvalue weighted by molar-refractivity contribution is -0.131. The zero-order valence-corrected chi connectivity index (χ0v) is 8.85. The van der Waals surface area contributed by atoms with Gasteiger partial charge in [-0.15, -0.1) is 0 Å². The molecule has 80 valence electrons. The van der Waals surface area contributed by atoms with Crippen molar-refractivity contribution in [2.45, 2.75) is 25.7 Å². The van der Waals surface area contributed by atoms with E-state index in [1.54, 1.807) is 6.20 Å². The summed E-state index contributed by atoms with van der Waals surface area (Å²) < 4.78 is 0. The Morgan fingerprint density at radius 1 is 1.27 bits per heavy atom. The molecular weight excluding hydrogens is 188 g/mol. The van der Waals surface area contributed by atoms with Crippen LogP contribution in [0.15, 0.2) is 24.4 Å². The van der Waals surface area contributed by atoms with Gasteiger partial charge >= 0.3 is 0 Å². The highest BCUT2D eigenvalue weighted by Crippen LogP contribution is 2.10. The number of rotatable bonds is 2. The smallest absolute Gasteiger partial charge is 0.228 e. The van der Waals surface area contributed by atoms with Crippen molar-refractivity contribution in [2.24, 2.45) is 0 Å². The first-order valence-electron chi connectivity index (χ1n) is 5.54. The van der Waals surface area contributed by atoms with Crippen molar-refractivity contribution in [3.8, 4) is 0 Å². The molecule has 1 aliphatic rings. The van der Waals surface area contributed by atoms with Gasteiger partial charge in [0.1, 0.15) is 0 Å². The van der Waals surface area contributed by atoms with Crippen LogP contribution in [-0.4, -0.2) is 28.9 Å². The third-order valence-corrected chi connectivity index (χ3v) is 2.77. The molecule has 0 spiro atoms. The van der Waals surface area contributed by atoms with Gasteiger partial charge in [-0.1, -0.05) is 6.07 Å². The van der Waals surface area contributed by atoms with Crippen molar-refractivity contribution in [3.63, 3.8) is 0 Å². The number of amides is 1. The molecule has 3 heteroatoms. The van der Waals surface area contributed by atoms with Gasteiger partial charge < -0.3 is 4.90 Å². The molecule has 0 N–H and O–H groups in total. The number of hydrogen-bond acceptors (Lipinski definition) is 2. The number of aromatic nitrogens is 1. The molecule has 3 nitrogen and oxygen atoms in total. The van der Waals surface area contributed by atoms with E-state index in [9.17, 15) is 4.79 Å². The maximum atomic E-state index is 11.9. The van der Waals surface area contributed by atoms with Crippen molar-refractivity contribution in [1.29, 1.82) is 0 Å². The molecule has 0 aliphatic carbocycles. The summed E-state index contributed by atoms with van der Waals surface area (Å²) in [6.45, 7) is 1.84. The zero-order valence-electron chi connectivity index (χ0n) is 8.85. The molecule has 0 bridgehead atoms. The molecule has 2 heterocycles. The second-order valence-corrected chi connectivity index (χ2v) is 3.94. The maximum Gasteiger partial charge on any atom is 0.228 e. The summed E-state index contributed by atoms with van der Waals surface area (Å²) in [5, 5.41) is 0. The standard InChI is InChI=1S/C12H16N2O/c15-12(14-8-4-1-5-9-14)10-11-6-2-3-7-13-11/h2-3,6-7H,1,4-5,8-10H2. The van der Waals surface area contributed by atoms with Crippen molar-refractivity contribution < 1.29 is 4.79 Å². The molecule has 1 aromatic heterocycles. The van der Waals surface area contributed by atoms with Crippen LogP contribution in [0.3, 0.4) is 0 Å². The van der Waals surface area contributed by atoms with Gasteiger partial charge in [-0.05, 0) is 31.4 Å². The minimum atomic E-state index is 0.216. The normalized spacial score (nSPS) is 16.4.